The first-order valence-electron chi connectivity index (χ1n) is 4.13. The first-order valence-corrected chi connectivity index (χ1v) is 4.92. The minimum Gasteiger partial charge on any atom is -0.469 e. The van der Waals surface area contributed by atoms with Gasteiger partial charge < -0.3 is 4.74 Å². The number of methoxy groups -OCH3 is 1. The zero-order valence-electron chi connectivity index (χ0n) is 8.14. The Balaban J connectivity index is 3.03. The third kappa shape index (κ3) is 3.19. The quantitative estimate of drug-likeness (QED) is 0.788. The van der Waals surface area contributed by atoms with Crippen molar-refractivity contribution in [2.24, 2.45) is 0 Å². The van der Waals surface area contributed by atoms with Crippen molar-refractivity contribution in [2.45, 2.75) is 12.6 Å². The van der Waals surface area contributed by atoms with E-state index in [1.54, 1.807) is 0 Å². The number of carbonyl (C=O) groups excluding carboxylic acids is 1. The summed E-state index contributed by atoms with van der Waals surface area (Å²) < 4.78 is 41.6. The number of nitrogens with zero attached hydrogens (tertiary/aromatic N) is 1. The van der Waals surface area contributed by atoms with Gasteiger partial charge in [-0.25, -0.2) is 0 Å². The molecule has 0 bridgehead atoms. The summed E-state index contributed by atoms with van der Waals surface area (Å²) in [4.78, 5) is 14.6. The second-order valence-electron chi connectivity index (χ2n) is 2.91. The van der Waals surface area contributed by atoms with Crippen LogP contribution in [-0.2, 0) is 22.1 Å². The maximum atomic E-state index is 12.5. The van der Waals surface area contributed by atoms with E-state index < -0.39 is 17.7 Å². The van der Waals surface area contributed by atoms with E-state index >= 15 is 0 Å². The molecule has 1 aromatic rings. The summed E-state index contributed by atoms with van der Waals surface area (Å²) in [5.74, 6) is -0.636. The van der Waals surface area contributed by atoms with Gasteiger partial charge >= 0.3 is 12.1 Å². The number of ether oxygens (including phenoxy) is 1. The fourth-order valence-electron chi connectivity index (χ4n) is 1.02. The number of aromatic nitrogens is 1. The van der Waals surface area contributed by atoms with Crippen molar-refractivity contribution in [3.63, 3.8) is 0 Å². The lowest BCUT2D eigenvalue weighted by molar-refractivity contribution is -0.141. The number of hydrogen-bond donors (Lipinski definition) is 0. The van der Waals surface area contributed by atoms with E-state index in [0.717, 1.165) is 19.4 Å². The molecule has 0 unspecified atom stereocenters. The van der Waals surface area contributed by atoms with Gasteiger partial charge in [-0.1, -0.05) is 0 Å². The highest BCUT2D eigenvalue weighted by Crippen LogP contribution is 2.34. The predicted molar refractivity (Wildman–Crippen MR) is 52.7 cm³/mol. The SMILES string of the molecule is COC(=O)Cc1cc(C(F)(F)F)c(Br)cn1. The number of hydrogen-bond acceptors (Lipinski definition) is 3. The van der Waals surface area contributed by atoms with Crippen LogP contribution in [0.15, 0.2) is 16.7 Å². The Bertz CT molecular complexity index is 406. The van der Waals surface area contributed by atoms with Crippen LogP contribution < -0.4 is 0 Å². The Morgan fingerprint density at radius 1 is 1.56 bits per heavy atom. The van der Waals surface area contributed by atoms with E-state index in [1.807, 2.05) is 0 Å². The Hall–Kier alpha value is -1.11. The van der Waals surface area contributed by atoms with Crippen LogP contribution >= 0.6 is 15.9 Å². The summed E-state index contributed by atoms with van der Waals surface area (Å²) in [5.41, 5.74) is -0.844. The van der Waals surface area contributed by atoms with E-state index in [2.05, 4.69) is 25.7 Å². The van der Waals surface area contributed by atoms with Crippen molar-refractivity contribution < 1.29 is 22.7 Å². The highest BCUT2D eigenvalue weighted by molar-refractivity contribution is 9.10. The zero-order chi connectivity index (χ0) is 12.3. The molecular weight excluding hydrogens is 291 g/mol. The van der Waals surface area contributed by atoms with Gasteiger partial charge in [-0.05, 0) is 22.0 Å². The van der Waals surface area contributed by atoms with Crippen LogP contribution in [0, 0.1) is 0 Å². The molecule has 0 spiro atoms. The van der Waals surface area contributed by atoms with Gasteiger partial charge in [-0.2, -0.15) is 13.2 Å². The van der Waals surface area contributed by atoms with Gasteiger partial charge in [0.25, 0.3) is 0 Å². The predicted octanol–water partition coefficient (Wildman–Crippen LogP) is 2.58. The number of carbonyl (C=O) groups is 1. The van der Waals surface area contributed by atoms with Crippen molar-refractivity contribution in [2.75, 3.05) is 7.11 Å². The van der Waals surface area contributed by atoms with Gasteiger partial charge in [-0.15, -0.1) is 0 Å². The third-order valence-electron chi connectivity index (χ3n) is 1.77. The number of halogens is 4. The molecule has 0 aliphatic rings. The van der Waals surface area contributed by atoms with Crippen LogP contribution in [0.4, 0.5) is 13.2 Å². The zero-order valence-corrected chi connectivity index (χ0v) is 9.72. The average molecular weight is 298 g/mol. The van der Waals surface area contributed by atoms with Gasteiger partial charge in [0.2, 0.25) is 0 Å². The largest absolute Gasteiger partial charge is 0.469 e. The van der Waals surface area contributed by atoms with Crippen molar-refractivity contribution in [3.05, 3.63) is 28.0 Å². The van der Waals surface area contributed by atoms with Gasteiger partial charge in [0.15, 0.2) is 0 Å². The molecule has 88 valence electrons. The Morgan fingerprint density at radius 3 is 2.69 bits per heavy atom. The second-order valence-corrected chi connectivity index (χ2v) is 3.76. The molecule has 3 nitrogen and oxygen atoms in total. The normalized spacial score (nSPS) is 11.3. The van der Waals surface area contributed by atoms with Crippen LogP contribution in [0.25, 0.3) is 0 Å². The molecule has 0 saturated carbocycles. The molecule has 0 aliphatic carbocycles. The minimum atomic E-state index is -4.48. The summed E-state index contributed by atoms with van der Waals surface area (Å²) in [6.07, 6.45) is -3.75. The van der Waals surface area contributed by atoms with Crippen molar-refractivity contribution in [3.8, 4) is 0 Å². The molecule has 7 heteroatoms. The Labute approximate surface area is 97.8 Å². The Kier molecular flexibility index (Phi) is 3.90. The molecule has 0 amide bonds. The summed E-state index contributed by atoms with van der Waals surface area (Å²) in [5, 5.41) is 0. The van der Waals surface area contributed by atoms with Gasteiger partial charge in [0, 0.05) is 10.7 Å². The molecule has 0 N–H and O–H groups in total. The fraction of sp³-hybridized carbons (Fsp3) is 0.333. The van der Waals surface area contributed by atoms with Crippen molar-refractivity contribution >= 4 is 21.9 Å². The summed E-state index contributed by atoms with van der Waals surface area (Å²) in [6.45, 7) is 0. The molecular formula is C9H7BrF3NO2. The van der Waals surface area contributed by atoms with Crippen LogP contribution in [0.3, 0.4) is 0 Å². The minimum absolute atomic E-state index is 0.0161. The number of esters is 1. The first-order chi connectivity index (χ1) is 7.34. The topological polar surface area (TPSA) is 39.2 Å². The first kappa shape index (κ1) is 13.0. The molecule has 1 heterocycles. The molecule has 0 atom stereocenters. The molecule has 16 heavy (non-hydrogen) atoms. The lowest BCUT2D eigenvalue weighted by Crippen LogP contribution is -2.11. The molecule has 0 aromatic carbocycles. The van der Waals surface area contributed by atoms with Crippen LogP contribution in [-0.4, -0.2) is 18.1 Å². The van der Waals surface area contributed by atoms with E-state index in [9.17, 15) is 18.0 Å². The highest BCUT2D eigenvalue weighted by Gasteiger charge is 2.33. The van der Waals surface area contributed by atoms with Crippen LogP contribution in [0.2, 0.25) is 0 Å². The van der Waals surface area contributed by atoms with E-state index in [4.69, 9.17) is 0 Å². The lowest BCUT2D eigenvalue weighted by Gasteiger charge is -2.09. The number of pyridine rings is 1. The summed E-state index contributed by atoms with van der Waals surface area (Å²) in [6, 6.07) is 0.820. The molecule has 1 aromatic heterocycles. The highest BCUT2D eigenvalue weighted by atomic mass is 79.9. The number of rotatable bonds is 2. The maximum absolute atomic E-state index is 12.5. The molecule has 0 fully saturated rings. The molecule has 0 saturated heterocycles. The lowest BCUT2D eigenvalue weighted by atomic mass is 10.2. The third-order valence-corrected chi connectivity index (χ3v) is 2.40. The van der Waals surface area contributed by atoms with Gasteiger partial charge in [0.05, 0.1) is 24.8 Å². The second kappa shape index (κ2) is 4.82. The monoisotopic (exact) mass is 297 g/mol. The van der Waals surface area contributed by atoms with Crippen molar-refractivity contribution in [1.29, 1.82) is 0 Å². The summed E-state index contributed by atoms with van der Waals surface area (Å²) in [7, 11) is 1.16. The van der Waals surface area contributed by atoms with Gasteiger partial charge in [0.1, 0.15) is 0 Å². The molecule has 1 rings (SSSR count). The standard InChI is InChI=1S/C9H7BrF3NO2/c1-16-8(15)3-5-2-6(9(11,12)13)7(10)4-14-5/h2,4H,3H2,1H3. The molecule has 0 aliphatic heterocycles. The maximum Gasteiger partial charge on any atom is 0.417 e. The van der Waals surface area contributed by atoms with E-state index in [0.29, 0.717) is 0 Å². The van der Waals surface area contributed by atoms with Crippen molar-refractivity contribution in [1.82, 2.24) is 4.98 Å². The van der Waals surface area contributed by atoms with Crippen LogP contribution in [0.5, 0.6) is 0 Å². The Morgan fingerprint density at radius 2 is 2.19 bits per heavy atom. The molecule has 0 radical (unpaired) electrons. The summed E-state index contributed by atoms with van der Waals surface area (Å²) >= 11 is 2.75. The van der Waals surface area contributed by atoms with Crippen LogP contribution in [0.1, 0.15) is 11.3 Å². The van der Waals surface area contributed by atoms with Gasteiger partial charge in [-0.3, -0.25) is 9.78 Å². The number of alkyl halides is 3. The van der Waals surface area contributed by atoms with E-state index in [-0.39, 0.29) is 16.6 Å². The average Bonchev–Trinajstić information content (AvgIpc) is 2.19. The fourth-order valence-corrected chi connectivity index (χ4v) is 1.46. The van der Waals surface area contributed by atoms with E-state index in [1.165, 1.54) is 0 Å². The smallest absolute Gasteiger partial charge is 0.417 e.